The summed E-state index contributed by atoms with van der Waals surface area (Å²) in [5.74, 6) is -0.984. The number of hydrogen-bond acceptors (Lipinski definition) is 2. The van der Waals surface area contributed by atoms with Crippen molar-refractivity contribution in [1.29, 1.82) is 5.26 Å². The van der Waals surface area contributed by atoms with Crippen LogP contribution in [0.15, 0.2) is 18.2 Å². The Balaban J connectivity index is 3.04. The van der Waals surface area contributed by atoms with Crippen molar-refractivity contribution >= 4 is 27.5 Å². The molecule has 0 bridgehead atoms. The third-order valence-electron chi connectivity index (χ3n) is 1.91. The molecule has 1 N–H and O–H groups in total. The molecule has 1 amide bonds. The van der Waals surface area contributed by atoms with E-state index in [1.165, 1.54) is 18.2 Å². The molecular formula is C11H10BrFN2O. The highest BCUT2D eigenvalue weighted by Crippen LogP contribution is 2.22. The molecule has 0 saturated carbocycles. The molecule has 0 saturated heterocycles. The Morgan fingerprint density at radius 3 is 2.69 bits per heavy atom. The Kier molecular flexibility index (Phi) is 3.66. The van der Waals surface area contributed by atoms with Crippen LogP contribution in [0.5, 0.6) is 0 Å². The summed E-state index contributed by atoms with van der Waals surface area (Å²) in [7, 11) is 0. The second-order valence-corrected chi connectivity index (χ2v) is 5.68. The first kappa shape index (κ1) is 12.7. The SMILES string of the molecule is CC(C)(Br)C(=O)Nc1cccc(F)c1C#N. The molecule has 0 spiro atoms. The molecule has 16 heavy (non-hydrogen) atoms. The molecule has 0 fully saturated rings. The fraction of sp³-hybridized carbons (Fsp3) is 0.273. The van der Waals surface area contributed by atoms with Crippen LogP contribution in [0.2, 0.25) is 0 Å². The van der Waals surface area contributed by atoms with Crippen molar-refractivity contribution in [1.82, 2.24) is 0 Å². The molecule has 1 aromatic carbocycles. The van der Waals surface area contributed by atoms with Crippen molar-refractivity contribution in [2.24, 2.45) is 0 Å². The summed E-state index contributed by atoms with van der Waals surface area (Å²) in [5, 5.41) is 11.3. The van der Waals surface area contributed by atoms with Crippen LogP contribution in [0.25, 0.3) is 0 Å². The van der Waals surface area contributed by atoms with Gasteiger partial charge in [-0.2, -0.15) is 5.26 Å². The maximum Gasteiger partial charge on any atom is 0.240 e. The van der Waals surface area contributed by atoms with E-state index in [1.54, 1.807) is 19.9 Å². The first-order chi connectivity index (χ1) is 7.36. The largest absolute Gasteiger partial charge is 0.324 e. The number of nitrogens with one attached hydrogen (secondary N) is 1. The molecule has 0 unspecified atom stereocenters. The maximum atomic E-state index is 13.2. The summed E-state index contributed by atoms with van der Waals surface area (Å²) in [5.41, 5.74) is 0.0209. The van der Waals surface area contributed by atoms with Gasteiger partial charge in [-0.05, 0) is 26.0 Å². The van der Waals surface area contributed by atoms with Gasteiger partial charge in [-0.1, -0.05) is 22.0 Å². The molecule has 84 valence electrons. The van der Waals surface area contributed by atoms with Crippen LogP contribution in [-0.2, 0) is 4.79 Å². The number of nitrogens with zero attached hydrogens (tertiary/aromatic N) is 1. The first-order valence-corrected chi connectivity index (χ1v) is 5.34. The van der Waals surface area contributed by atoms with Gasteiger partial charge in [0.25, 0.3) is 0 Å². The van der Waals surface area contributed by atoms with Gasteiger partial charge in [-0.15, -0.1) is 0 Å². The summed E-state index contributed by atoms with van der Waals surface area (Å²) in [4.78, 5) is 11.6. The molecule has 3 nitrogen and oxygen atoms in total. The number of halogens is 2. The number of alkyl halides is 1. The highest BCUT2D eigenvalue weighted by atomic mass is 79.9. The number of amides is 1. The summed E-state index contributed by atoms with van der Waals surface area (Å²) in [6.07, 6.45) is 0. The zero-order valence-corrected chi connectivity index (χ0v) is 10.4. The van der Waals surface area contributed by atoms with Gasteiger partial charge in [-0.3, -0.25) is 4.79 Å². The summed E-state index contributed by atoms with van der Waals surface area (Å²) < 4.78 is 12.4. The molecule has 0 radical (unpaired) electrons. The van der Waals surface area contributed by atoms with Crippen molar-refractivity contribution in [3.8, 4) is 6.07 Å². The minimum absolute atomic E-state index is 0.160. The van der Waals surface area contributed by atoms with E-state index in [4.69, 9.17) is 5.26 Å². The van der Waals surface area contributed by atoms with E-state index in [9.17, 15) is 9.18 Å². The molecule has 1 rings (SSSR count). The van der Waals surface area contributed by atoms with Crippen LogP contribution in [0.3, 0.4) is 0 Å². The summed E-state index contributed by atoms with van der Waals surface area (Å²) in [6, 6.07) is 5.81. The van der Waals surface area contributed by atoms with Crippen molar-refractivity contribution in [3.05, 3.63) is 29.6 Å². The molecule has 0 heterocycles. The van der Waals surface area contributed by atoms with Gasteiger partial charge in [0.2, 0.25) is 5.91 Å². The number of anilines is 1. The lowest BCUT2D eigenvalue weighted by atomic mass is 10.1. The molecule has 0 aliphatic rings. The van der Waals surface area contributed by atoms with E-state index in [0.29, 0.717) is 0 Å². The standard InChI is InChI=1S/C11H10BrFN2O/c1-11(2,12)10(16)15-9-5-3-4-8(13)7(9)6-14/h3-5H,1-2H3,(H,15,16). The Morgan fingerprint density at radius 1 is 1.56 bits per heavy atom. The third-order valence-corrected chi connectivity index (χ3v) is 2.27. The van der Waals surface area contributed by atoms with E-state index < -0.39 is 10.1 Å². The zero-order chi connectivity index (χ0) is 12.3. The quantitative estimate of drug-likeness (QED) is 0.849. The Bertz CT molecular complexity index is 460. The van der Waals surface area contributed by atoms with Gasteiger partial charge in [0, 0.05) is 0 Å². The van der Waals surface area contributed by atoms with Gasteiger partial charge in [0.1, 0.15) is 17.4 Å². The number of nitriles is 1. The maximum absolute atomic E-state index is 13.2. The Hall–Kier alpha value is -1.41. The van der Waals surface area contributed by atoms with Gasteiger partial charge in [0.15, 0.2) is 0 Å². The van der Waals surface area contributed by atoms with E-state index in [-0.39, 0.29) is 17.2 Å². The van der Waals surface area contributed by atoms with Gasteiger partial charge >= 0.3 is 0 Å². The Morgan fingerprint density at radius 2 is 2.19 bits per heavy atom. The van der Waals surface area contributed by atoms with Crippen molar-refractivity contribution in [3.63, 3.8) is 0 Å². The minimum atomic E-state index is -0.772. The highest BCUT2D eigenvalue weighted by Gasteiger charge is 2.24. The summed E-state index contributed by atoms with van der Waals surface area (Å²) >= 11 is 3.18. The van der Waals surface area contributed by atoms with E-state index in [1.807, 2.05) is 0 Å². The molecule has 0 aromatic heterocycles. The van der Waals surface area contributed by atoms with Crippen LogP contribution >= 0.6 is 15.9 Å². The van der Waals surface area contributed by atoms with Crippen molar-refractivity contribution in [2.75, 3.05) is 5.32 Å². The molecule has 0 aliphatic carbocycles. The van der Waals surface area contributed by atoms with Crippen LogP contribution < -0.4 is 5.32 Å². The average Bonchev–Trinajstić information content (AvgIpc) is 2.16. The predicted octanol–water partition coefficient (Wildman–Crippen LogP) is 2.81. The van der Waals surface area contributed by atoms with Crippen LogP contribution in [0.4, 0.5) is 10.1 Å². The second kappa shape index (κ2) is 4.62. The first-order valence-electron chi connectivity index (χ1n) is 4.55. The van der Waals surface area contributed by atoms with Crippen molar-refractivity contribution in [2.45, 2.75) is 18.2 Å². The van der Waals surface area contributed by atoms with E-state index in [0.717, 1.165) is 0 Å². The zero-order valence-electron chi connectivity index (χ0n) is 8.84. The number of benzene rings is 1. The highest BCUT2D eigenvalue weighted by molar-refractivity contribution is 9.10. The second-order valence-electron chi connectivity index (χ2n) is 3.70. The lowest BCUT2D eigenvalue weighted by molar-refractivity contribution is -0.117. The van der Waals surface area contributed by atoms with Gasteiger partial charge in [-0.25, -0.2) is 4.39 Å². The number of carbonyl (C=O) groups is 1. The third kappa shape index (κ3) is 2.80. The predicted molar refractivity (Wildman–Crippen MR) is 62.8 cm³/mol. The van der Waals surface area contributed by atoms with Crippen LogP contribution in [-0.4, -0.2) is 10.2 Å². The lowest BCUT2D eigenvalue weighted by Gasteiger charge is -2.16. The lowest BCUT2D eigenvalue weighted by Crippen LogP contribution is -2.31. The normalized spacial score (nSPS) is 10.7. The monoisotopic (exact) mass is 284 g/mol. The number of carbonyl (C=O) groups excluding carboxylic acids is 1. The minimum Gasteiger partial charge on any atom is -0.324 e. The van der Waals surface area contributed by atoms with Crippen LogP contribution in [0.1, 0.15) is 19.4 Å². The molecule has 1 aromatic rings. The molecule has 0 aliphatic heterocycles. The molecular weight excluding hydrogens is 275 g/mol. The van der Waals surface area contributed by atoms with Crippen LogP contribution in [0, 0.1) is 17.1 Å². The number of rotatable bonds is 2. The van der Waals surface area contributed by atoms with E-state index >= 15 is 0 Å². The molecule has 0 atom stereocenters. The van der Waals surface area contributed by atoms with Gasteiger partial charge < -0.3 is 5.32 Å². The average molecular weight is 285 g/mol. The fourth-order valence-corrected chi connectivity index (χ4v) is 1.11. The number of hydrogen-bond donors (Lipinski definition) is 1. The smallest absolute Gasteiger partial charge is 0.240 e. The fourth-order valence-electron chi connectivity index (χ4n) is 1.01. The van der Waals surface area contributed by atoms with Gasteiger partial charge in [0.05, 0.1) is 10.0 Å². The summed E-state index contributed by atoms with van der Waals surface area (Å²) in [6.45, 7) is 3.32. The molecule has 5 heteroatoms. The van der Waals surface area contributed by atoms with E-state index in [2.05, 4.69) is 21.2 Å². The topological polar surface area (TPSA) is 52.9 Å². The Labute approximate surface area is 101 Å². The van der Waals surface area contributed by atoms with Crippen molar-refractivity contribution < 1.29 is 9.18 Å².